The quantitative estimate of drug-likeness (QED) is 0.642. The molecule has 0 spiro atoms. The van der Waals surface area contributed by atoms with Crippen LogP contribution in [0.2, 0.25) is 0 Å². The molecule has 0 fully saturated rings. The zero-order chi connectivity index (χ0) is 7.56. The third-order valence-corrected chi connectivity index (χ3v) is 1.85. The molecular formula is C4H4N2O2S2. The first-order valence-corrected chi connectivity index (χ1v) is 3.68. The van der Waals surface area contributed by atoms with E-state index in [-0.39, 0.29) is 6.42 Å². The van der Waals surface area contributed by atoms with Gasteiger partial charge in [-0.2, -0.15) is 0 Å². The van der Waals surface area contributed by atoms with Crippen molar-refractivity contribution in [2.75, 3.05) is 0 Å². The van der Waals surface area contributed by atoms with Crippen LogP contribution in [0, 0.1) is 0 Å². The molecule has 0 aliphatic heterocycles. The van der Waals surface area contributed by atoms with Crippen LogP contribution in [0.4, 0.5) is 0 Å². The number of hydrogen-bond acceptors (Lipinski definition) is 5. The molecule has 0 radical (unpaired) electrons. The Labute approximate surface area is 66.3 Å². The number of rotatable bonds is 2. The summed E-state index contributed by atoms with van der Waals surface area (Å²) in [6, 6.07) is 0. The van der Waals surface area contributed by atoms with E-state index in [0.29, 0.717) is 9.35 Å². The van der Waals surface area contributed by atoms with E-state index in [0.717, 1.165) is 0 Å². The lowest BCUT2D eigenvalue weighted by Gasteiger charge is -1.82. The highest BCUT2D eigenvalue weighted by Gasteiger charge is 2.04. The number of aromatic nitrogens is 2. The summed E-state index contributed by atoms with van der Waals surface area (Å²) < 4.78 is 0.497. The Hall–Kier alpha value is -0.620. The highest BCUT2D eigenvalue weighted by Crippen LogP contribution is 2.12. The molecule has 0 amide bonds. The Morgan fingerprint density at radius 2 is 2.40 bits per heavy atom. The van der Waals surface area contributed by atoms with Crippen molar-refractivity contribution < 1.29 is 9.90 Å². The second kappa shape index (κ2) is 2.98. The third kappa shape index (κ3) is 1.96. The summed E-state index contributed by atoms with van der Waals surface area (Å²) in [7, 11) is 0. The average molecular weight is 176 g/mol. The molecule has 1 rings (SSSR count). The van der Waals surface area contributed by atoms with Crippen LogP contribution in [0.5, 0.6) is 0 Å². The predicted molar refractivity (Wildman–Crippen MR) is 38.5 cm³/mol. The number of carboxylic acid groups (broad SMARTS) is 1. The molecule has 1 aromatic rings. The van der Waals surface area contributed by atoms with E-state index in [1.54, 1.807) is 0 Å². The van der Waals surface area contributed by atoms with Gasteiger partial charge in [0.1, 0.15) is 5.01 Å². The molecule has 6 heteroatoms. The van der Waals surface area contributed by atoms with E-state index in [9.17, 15) is 4.79 Å². The Morgan fingerprint density at radius 1 is 1.70 bits per heavy atom. The Kier molecular flexibility index (Phi) is 2.23. The molecule has 0 aliphatic carbocycles. The lowest BCUT2D eigenvalue weighted by molar-refractivity contribution is -0.136. The van der Waals surface area contributed by atoms with Gasteiger partial charge in [-0.05, 0) is 0 Å². The number of hydrogen-bond donors (Lipinski definition) is 2. The van der Waals surface area contributed by atoms with Crippen molar-refractivity contribution in [2.45, 2.75) is 10.8 Å². The maximum atomic E-state index is 10.1. The van der Waals surface area contributed by atoms with Crippen LogP contribution >= 0.6 is 24.0 Å². The van der Waals surface area contributed by atoms with E-state index in [1.165, 1.54) is 11.3 Å². The molecule has 4 nitrogen and oxygen atoms in total. The van der Waals surface area contributed by atoms with Crippen LogP contribution in [-0.4, -0.2) is 21.3 Å². The molecule has 54 valence electrons. The third-order valence-electron chi connectivity index (χ3n) is 0.759. The Morgan fingerprint density at radius 3 is 2.80 bits per heavy atom. The molecule has 0 atom stereocenters. The molecule has 0 saturated heterocycles. The summed E-state index contributed by atoms with van der Waals surface area (Å²) in [5.74, 6) is -0.899. The van der Waals surface area contributed by atoms with Crippen LogP contribution in [0.3, 0.4) is 0 Å². The van der Waals surface area contributed by atoms with E-state index in [2.05, 4.69) is 22.8 Å². The van der Waals surface area contributed by atoms with Crippen molar-refractivity contribution in [1.82, 2.24) is 10.2 Å². The molecule has 1 heterocycles. The second-order valence-electron chi connectivity index (χ2n) is 1.55. The van der Waals surface area contributed by atoms with E-state index in [4.69, 9.17) is 5.11 Å². The van der Waals surface area contributed by atoms with Crippen molar-refractivity contribution in [3.8, 4) is 0 Å². The fourth-order valence-electron chi connectivity index (χ4n) is 0.446. The summed E-state index contributed by atoms with van der Waals surface area (Å²) in [4.78, 5) is 10.1. The molecule has 0 unspecified atom stereocenters. The first-order chi connectivity index (χ1) is 4.68. The van der Waals surface area contributed by atoms with Crippen LogP contribution < -0.4 is 0 Å². The molecule has 0 bridgehead atoms. The van der Waals surface area contributed by atoms with Crippen LogP contribution in [0.25, 0.3) is 0 Å². The minimum absolute atomic E-state index is 0.0712. The number of thiol groups is 1. The SMILES string of the molecule is O=C(O)Cc1nnc(S)s1. The van der Waals surface area contributed by atoms with Gasteiger partial charge < -0.3 is 5.11 Å². The zero-order valence-electron chi connectivity index (χ0n) is 4.81. The summed E-state index contributed by atoms with van der Waals surface area (Å²) in [5.41, 5.74) is 0. The minimum Gasteiger partial charge on any atom is -0.481 e. The highest BCUT2D eigenvalue weighted by atomic mass is 32.2. The van der Waals surface area contributed by atoms with Crippen LogP contribution in [-0.2, 0) is 11.2 Å². The fourth-order valence-corrected chi connectivity index (χ4v) is 1.38. The van der Waals surface area contributed by atoms with Gasteiger partial charge in [0, 0.05) is 0 Å². The van der Waals surface area contributed by atoms with Crippen molar-refractivity contribution >= 4 is 29.9 Å². The number of aliphatic carboxylic acids is 1. The topological polar surface area (TPSA) is 63.1 Å². The normalized spacial score (nSPS) is 9.70. The molecular weight excluding hydrogens is 172 g/mol. The molecule has 0 aliphatic rings. The largest absolute Gasteiger partial charge is 0.481 e. The van der Waals surface area contributed by atoms with Gasteiger partial charge in [0.2, 0.25) is 0 Å². The maximum Gasteiger partial charge on any atom is 0.310 e. The van der Waals surface area contributed by atoms with Gasteiger partial charge in [-0.15, -0.1) is 22.8 Å². The van der Waals surface area contributed by atoms with Gasteiger partial charge in [0.05, 0.1) is 6.42 Å². The zero-order valence-corrected chi connectivity index (χ0v) is 6.52. The summed E-state index contributed by atoms with van der Waals surface area (Å²) in [6.45, 7) is 0. The smallest absolute Gasteiger partial charge is 0.310 e. The van der Waals surface area contributed by atoms with Gasteiger partial charge in [-0.1, -0.05) is 11.3 Å². The highest BCUT2D eigenvalue weighted by molar-refractivity contribution is 7.82. The van der Waals surface area contributed by atoms with Crippen LogP contribution in [0.1, 0.15) is 5.01 Å². The second-order valence-corrected chi connectivity index (χ2v) is 3.34. The van der Waals surface area contributed by atoms with Crippen molar-refractivity contribution in [1.29, 1.82) is 0 Å². The lowest BCUT2D eigenvalue weighted by Crippen LogP contribution is -1.98. The van der Waals surface area contributed by atoms with Crippen molar-refractivity contribution in [3.63, 3.8) is 0 Å². The first kappa shape index (κ1) is 7.49. The van der Waals surface area contributed by atoms with E-state index in [1.807, 2.05) is 0 Å². The number of nitrogens with zero attached hydrogens (tertiary/aromatic N) is 2. The summed E-state index contributed by atoms with van der Waals surface area (Å²) >= 11 is 5.06. The summed E-state index contributed by atoms with van der Waals surface area (Å²) in [6.07, 6.45) is -0.0712. The summed E-state index contributed by atoms with van der Waals surface area (Å²) in [5, 5.41) is 15.9. The molecule has 1 N–H and O–H groups in total. The first-order valence-electron chi connectivity index (χ1n) is 2.41. The lowest BCUT2D eigenvalue weighted by atomic mass is 10.5. The maximum absolute atomic E-state index is 10.1. The molecule has 0 aromatic carbocycles. The van der Waals surface area contributed by atoms with Crippen molar-refractivity contribution in [2.24, 2.45) is 0 Å². The molecule has 1 aromatic heterocycles. The Balaban J connectivity index is 2.67. The van der Waals surface area contributed by atoms with E-state index >= 15 is 0 Å². The van der Waals surface area contributed by atoms with Gasteiger partial charge >= 0.3 is 5.97 Å². The average Bonchev–Trinajstić information content (AvgIpc) is 2.13. The Bertz CT molecular complexity index is 247. The van der Waals surface area contributed by atoms with Crippen molar-refractivity contribution in [3.05, 3.63) is 5.01 Å². The number of carbonyl (C=O) groups is 1. The molecule has 0 saturated carbocycles. The van der Waals surface area contributed by atoms with E-state index < -0.39 is 5.97 Å². The predicted octanol–water partition coefficient (Wildman–Crippen LogP) is 0.454. The minimum atomic E-state index is -0.899. The standard InChI is InChI=1S/C4H4N2O2S2/c7-3(8)1-2-5-6-4(9)10-2/h1H2,(H,6,9)(H,7,8). The van der Waals surface area contributed by atoms with Gasteiger partial charge in [-0.3, -0.25) is 4.79 Å². The molecule has 10 heavy (non-hydrogen) atoms. The van der Waals surface area contributed by atoms with Gasteiger partial charge in [0.25, 0.3) is 0 Å². The monoisotopic (exact) mass is 176 g/mol. The fraction of sp³-hybridized carbons (Fsp3) is 0.250. The number of carboxylic acids is 1. The van der Waals surface area contributed by atoms with Crippen LogP contribution in [0.15, 0.2) is 4.34 Å². The van der Waals surface area contributed by atoms with Gasteiger partial charge in [0.15, 0.2) is 4.34 Å². The van der Waals surface area contributed by atoms with Gasteiger partial charge in [-0.25, -0.2) is 0 Å².